The van der Waals surface area contributed by atoms with Crippen LogP contribution < -0.4 is 0 Å². The van der Waals surface area contributed by atoms with Gasteiger partial charge in [-0.15, -0.1) is 11.3 Å². The Morgan fingerprint density at radius 2 is 2.20 bits per heavy atom. The van der Waals surface area contributed by atoms with Gasteiger partial charge in [0.15, 0.2) is 0 Å². The molecule has 3 rings (SSSR count). The molecular weight excluding hydrogens is 284 g/mol. The van der Waals surface area contributed by atoms with Gasteiger partial charge in [0.25, 0.3) is 5.79 Å². The summed E-state index contributed by atoms with van der Waals surface area (Å²) in [4.78, 5) is 15.2. The van der Waals surface area contributed by atoms with Crippen LogP contribution in [0.15, 0.2) is 31.1 Å². The SMILES string of the molecule is CC1(c2cnc(Cn3cc([N+](=O)[O-])cn3)s2)OC=CO1. The lowest BCUT2D eigenvalue weighted by Crippen LogP contribution is -2.20. The molecule has 8 nitrogen and oxygen atoms in total. The Balaban J connectivity index is 1.75. The molecule has 9 heteroatoms. The lowest BCUT2D eigenvalue weighted by molar-refractivity contribution is -0.385. The second kappa shape index (κ2) is 4.60. The second-order valence-corrected chi connectivity index (χ2v) is 5.34. The highest BCUT2D eigenvalue weighted by atomic mass is 32.1. The first-order valence-electron chi connectivity index (χ1n) is 5.69. The molecule has 1 aliphatic rings. The molecule has 0 N–H and O–H groups in total. The van der Waals surface area contributed by atoms with E-state index < -0.39 is 10.7 Å². The first kappa shape index (κ1) is 12.6. The molecule has 104 valence electrons. The van der Waals surface area contributed by atoms with E-state index >= 15 is 0 Å². The molecule has 20 heavy (non-hydrogen) atoms. The predicted octanol–water partition coefficient (Wildman–Crippen LogP) is 1.99. The number of rotatable bonds is 4. The number of thiazole rings is 1. The predicted molar refractivity (Wildman–Crippen MR) is 68.8 cm³/mol. The van der Waals surface area contributed by atoms with E-state index in [4.69, 9.17) is 9.47 Å². The van der Waals surface area contributed by atoms with Crippen molar-refractivity contribution in [1.82, 2.24) is 14.8 Å². The van der Waals surface area contributed by atoms with Crippen LogP contribution in [0.2, 0.25) is 0 Å². The highest BCUT2D eigenvalue weighted by Crippen LogP contribution is 2.35. The van der Waals surface area contributed by atoms with Gasteiger partial charge in [0.1, 0.15) is 34.8 Å². The molecule has 0 unspecified atom stereocenters. The Bertz CT molecular complexity index is 670. The minimum absolute atomic E-state index is 0.0413. The van der Waals surface area contributed by atoms with E-state index in [2.05, 4.69) is 10.1 Å². The zero-order valence-electron chi connectivity index (χ0n) is 10.4. The largest absolute Gasteiger partial charge is 0.452 e. The fourth-order valence-corrected chi connectivity index (χ4v) is 2.67. The first-order chi connectivity index (χ1) is 9.57. The standard InChI is InChI=1S/C11H10N4O4S/c1-11(18-2-3-19-11)9-5-12-10(20-9)7-14-6-8(4-13-14)15(16)17/h2-6H,7H2,1H3. The zero-order chi connectivity index (χ0) is 14.2. The number of nitrogens with zero attached hydrogens (tertiary/aromatic N) is 4. The van der Waals surface area contributed by atoms with Gasteiger partial charge in [-0.3, -0.25) is 14.8 Å². The number of aromatic nitrogens is 3. The van der Waals surface area contributed by atoms with Crippen LogP contribution in [0, 0.1) is 10.1 Å². The Morgan fingerprint density at radius 1 is 1.45 bits per heavy atom. The van der Waals surface area contributed by atoms with Crippen molar-refractivity contribution in [2.24, 2.45) is 0 Å². The fraction of sp³-hybridized carbons (Fsp3) is 0.273. The van der Waals surface area contributed by atoms with Gasteiger partial charge in [0.05, 0.1) is 11.5 Å². The molecule has 2 aromatic heterocycles. The average molecular weight is 294 g/mol. The van der Waals surface area contributed by atoms with E-state index in [1.54, 1.807) is 13.1 Å². The zero-order valence-corrected chi connectivity index (χ0v) is 11.2. The highest BCUT2D eigenvalue weighted by Gasteiger charge is 2.34. The van der Waals surface area contributed by atoms with E-state index in [-0.39, 0.29) is 5.69 Å². The van der Waals surface area contributed by atoms with Crippen molar-refractivity contribution in [2.75, 3.05) is 0 Å². The van der Waals surface area contributed by atoms with Gasteiger partial charge in [0, 0.05) is 13.1 Å². The normalized spacial score (nSPS) is 15.8. The van der Waals surface area contributed by atoms with Gasteiger partial charge in [0.2, 0.25) is 0 Å². The first-order valence-corrected chi connectivity index (χ1v) is 6.51. The van der Waals surface area contributed by atoms with Crippen LogP contribution >= 0.6 is 11.3 Å². The molecule has 0 atom stereocenters. The van der Waals surface area contributed by atoms with Crippen LogP contribution in [-0.2, 0) is 21.8 Å². The van der Waals surface area contributed by atoms with E-state index in [0.717, 1.165) is 9.88 Å². The van der Waals surface area contributed by atoms with Gasteiger partial charge in [-0.1, -0.05) is 0 Å². The highest BCUT2D eigenvalue weighted by molar-refractivity contribution is 7.11. The van der Waals surface area contributed by atoms with E-state index in [9.17, 15) is 10.1 Å². The number of hydrogen-bond donors (Lipinski definition) is 0. The van der Waals surface area contributed by atoms with Crippen molar-refractivity contribution in [2.45, 2.75) is 19.3 Å². The summed E-state index contributed by atoms with van der Waals surface area (Å²) in [5.41, 5.74) is -0.0413. The monoisotopic (exact) mass is 294 g/mol. The maximum atomic E-state index is 10.6. The molecule has 0 saturated heterocycles. The molecule has 1 aliphatic heterocycles. The average Bonchev–Trinajstić information content (AvgIpc) is 3.10. The molecule has 3 heterocycles. The van der Waals surface area contributed by atoms with Crippen LogP contribution in [0.5, 0.6) is 0 Å². The number of nitro groups is 1. The van der Waals surface area contributed by atoms with Crippen molar-refractivity contribution in [3.05, 3.63) is 51.1 Å². The van der Waals surface area contributed by atoms with E-state index in [1.165, 1.54) is 40.9 Å². The lowest BCUT2D eigenvalue weighted by Gasteiger charge is -2.20. The maximum absolute atomic E-state index is 10.6. The number of ether oxygens (including phenoxy) is 2. The van der Waals surface area contributed by atoms with Crippen molar-refractivity contribution >= 4 is 17.0 Å². The van der Waals surface area contributed by atoms with Gasteiger partial charge in [-0.25, -0.2) is 4.98 Å². The van der Waals surface area contributed by atoms with Gasteiger partial charge in [-0.2, -0.15) is 5.10 Å². The molecule has 0 amide bonds. The molecule has 0 bridgehead atoms. The molecule has 0 radical (unpaired) electrons. The fourth-order valence-electron chi connectivity index (χ4n) is 1.72. The summed E-state index contributed by atoms with van der Waals surface area (Å²) < 4.78 is 12.2. The van der Waals surface area contributed by atoms with Gasteiger partial charge < -0.3 is 9.47 Å². The Hall–Kier alpha value is -2.42. The smallest absolute Gasteiger partial charge is 0.307 e. The van der Waals surface area contributed by atoms with Crippen molar-refractivity contribution in [3.63, 3.8) is 0 Å². The topological polar surface area (TPSA) is 92.3 Å². The van der Waals surface area contributed by atoms with E-state index in [1.807, 2.05) is 0 Å². The maximum Gasteiger partial charge on any atom is 0.307 e. The van der Waals surface area contributed by atoms with Crippen LogP contribution in [0.1, 0.15) is 16.8 Å². The summed E-state index contributed by atoms with van der Waals surface area (Å²) in [5, 5.41) is 15.3. The summed E-state index contributed by atoms with van der Waals surface area (Å²) in [5.74, 6) is -0.841. The number of hydrogen-bond acceptors (Lipinski definition) is 7. The lowest BCUT2D eigenvalue weighted by atomic mass is 10.3. The van der Waals surface area contributed by atoms with Crippen molar-refractivity contribution < 1.29 is 14.4 Å². The van der Waals surface area contributed by atoms with Crippen molar-refractivity contribution in [3.8, 4) is 0 Å². The quantitative estimate of drug-likeness (QED) is 0.632. The van der Waals surface area contributed by atoms with Gasteiger partial charge >= 0.3 is 5.69 Å². The molecule has 0 aliphatic carbocycles. The summed E-state index contributed by atoms with van der Waals surface area (Å²) in [6.07, 6.45) is 7.22. The Morgan fingerprint density at radius 3 is 2.85 bits per heavy atom. The second-order valence-electron chi connectivity index (χ2n) is 4.23. The van der Waals surface area contributed by atoms with Crippen LogP contribution in [0.4, 0.5) is 5.69 Å². The summed E-state index contributed by atoms with van der Waals surface area (Å²) >= 11 is 1.41. The summed E-state index contributed by atoms with van der Waals surface area (Å²) in [6, 6.07) is 0. The van der Waals surface area contributed by atoms with E-state index in [0.29, 0.717) is 6.54 Å². The molecule has 0 spiro atoms. The Kier molecular flexibility index (Phi) is 2.90. The van der Waals surface area contributed by atoms with Gasteiger partial charge in [-0.05, 0) is 0 Å². The third-order valence-electron chi connectivity index (χ3n) is 2.77. The summed E-state index contributed by atoms with van der Waals surface area (Å²) in [7, 11) is 0. The van der Waals surface area contributed by atoms with Crippen LogP contribution in [0.25, 0.3) is 0 Å². The van der Waals surface area contributed by atoms with Crippen LogP contribution in [0.3, 0.4) is 0 Å². The van der Waals surface area contributed by atoms with Crippen LogP contribution in [-0.4, -0.2) is 19.7 Å². The molecule has 2 aromatic rings. The third kappa shape index (κ3) is 2.23. The van der Waals surface area contributed by atoms with Crippen molar-refractivity contribution in [1.29, 1.82) is 0 Å². The third-order valence-corrected chi connectivity index (χ3v) is 3.94. The summed E-state index contributed by atoms with van der Waals surface area (Å²) in [6.45, 7) is 2.16. The molecular formula is C11H10N4O4S. The Labute approximate surface area is 117 Å². The molecule has 0 aromatic carbocycles. The molecule has 0 saturated carbocycles. The minimum atomic E-state index is -0.841. The minimum Gasteiger partial charge on any atom is -0.452 e. The molecule has 0 fully saturated rings.